The van der Waals surface area contributed by atoms with Crippen LogP contribution in [0.2, 0.25) is 10.6 Å². The molecule has 0 radical (unpaired) electrons. The minimum Gasteiger partial charge on any atom is -0.324 e. The summed E-state index contributed by atoms with van der Waals surface area (Å²) in [5.41, 5.74) is 0. The first-order valence-corrected chi connectivity index (χ1v) is 9.68. The number of hydrogen-bond donors (Lipinski definition) is 0. The lowest BCUT2D eigenvalue weighted by Gasteiger charge is -2.40. The number of hydrogen-bond acceptors (Lipinski definition) is 0. The largest absolute Gasteiger partial charge is 0.324 e. The summed E-state index contributed by atoms with van der Waals surface area (Å²) in [6.45, 7) is 10.6. The first-order chi connectivity index (χ1) is 7.83. The van der Waals surface area contributed by atoms with Gasteiger partial charge < -0.3 is 4.48 Å². The average Bonchev–Trinajstić information content (AvgIpc) is 2.27. The van der Waals surface area contributed by atoms with E-state index < -0.39 is 0 Å². The monoisotopic (exact) mass is 240 g/mol. The van der Waals surface area contributed by atoms with E-state index in [0.29, 0.717) is 15.2 Å². The van der Waals surface area contributed by atoms with Crippen molar-refractivity contribution in [2.45, 2.75) is 62.9 Å². The molecule has 1 rings (SSSR count). The zero-order chi connectivity index (χ0) is 11.7. The number of unbranched alkanes of at least 4 members (excludes halogenated alkanes) is 2. The van der Waals surface area contributed by atoms with E-state index in [-0.39, 0.29) is 0 Å². The summed E-state index contributed by atoms with van der Waals surface area (Å²) in [7, 11) is 0. The molecule has 0 aromatic rings. The minimum absolute atomic E-state index is 0.355. The Hall–Kier alpha value is 0.492. The highest BCUT2D eigenvalue weighted by atomic mass is 27.1. The molecule has 1 aliphatic rings. The first-order valence-electron chi connectivity index (χ1n) is 7.68. The van der Waals surface area contributed by atoms with Gasteiger partial charge in [-0.25, -0.2) is 0 Å². The molecule has 0 unspecified atom stereocenters. The summed E-state index contributed by atoms with van der Waals surface area (Å²) in [6.07, 6.45) is 8.73. The topological polar surface area (TPSA) is 0 Å². The molecule has 1 nitrogen and oxygen atoms in total. The second-order valence-electron chi connectivity index (χ2n) is 5.71. The number of rotatable bonds is 6. The van der Waals surface area contributed by atoms with Gasteiger partial charge in [0.1, 0.15) is 0 Å². The lowest BCUT2D eigenvalue weighted by Crippen LogP contribution is -2.51. The van der Waals surface area contributed by atoms with Gasteiger partial charge in [-0.1, -0.05) is 37.3 Å². The molecule has 0 bridgehead atoms. The van der Waals surface area contributed by atoms with Gasteiger partial charge >= 0.3 is 0 Å². The summed E-state index contributed by atoms with van der Waals surface area (Å²) in [5.74, 6) is 0. The van der Waals surface area contributed by atoms with Crippen LogP contribution in [-0.4, -0.2) is 45.9 Å². The summed E-state index contributed by atoms with van der Waals surface area (Å²) in [6, 6.07) is 0. The van der Waals surface area contributed by atoms with Crippen molar-refractivity contribution in [2.24, 2.45) is 0 Å². The van der Waals surface area contributed by atoms with E-state index in [1.807, 2.05) is 0 Å². The van der Waals surface area contributed by atoms with Crippen LogP contribution in [0.3, 0.4) is 0 Å². The van der Waals surface area contributed by atoms with Gasteiger partial charge in [0, 0.05) is 0 Å². The van der Waals surface area contributed by atoms with Gasteiger partial charge in [0.2, 0.25) is 15.2 Å². The normalized spacial score (nSPS) is 20.9. The van der Waals surface area contributed by atoms with Crippen LogP contribution in [0.15, 0.2) is 0 Å². The van der Waals surface area contributed by atoms with E-state index in [1.165, 1.54) is 56.3 Å². The van der Waals surface area contributed by atoms with E-state index >= 15 is 0 Å². The molecule has 0 aliphatic carbocycles. The molecule has 0 aromatic heterocycles. The van der Waals surface area contributed by atoms with Crippen LogP contribution in [0.1, 0.15) is 52.4 Å². The Morgan fingerprint density at radius 2 is 1.38 bits per heavy atom. The van der Waals surface area contributed by atoms with Crippen molar-refractivity contribution in [1.29, 1.82) is 0 Å². The molecule has 0 atom stereocenters. The van der Waals surface area contributed by atoms with Gasteiger partial charge in [-0.2, -0.15) is 0 Å². The second kappa shape index (κ2) is 8.56. The smallest absolute Gasteiger partial charge is 0.237 e. The lowest BCUT2D eigenvalue weighted by molar-refractivity contribution is -0.928. The molecule has 0 aromatic carbocycles. The Balaban J connectivity index is 2.49. The SMILES string of the molecule is CCCC[N+]1(CCCC)CC[CH2][AlH][CH2]CC1. The predicted octanol–water partition coefficient (Wildman–Crippen LogP) is 3.47. The highest BCUT2D eigenvalue weighted by Crippen LogP contribution is 2.19. The standard InChI is InChI=1S/C14H30N.Al.H/c1-5-9-13-15(11-7-3,12-8-4)14-10-6-2;;/h3-14H2,1-2H3;;/q+1;;. The molecular formula is C14H31AlN+. The zero-order valence-corrected chi connectivity index (χ0v) is 13.1. The third kappa shape index (κ3) is 5.21. The lowest BCUT2D eigenvalue weighted by atomic mass is 10.1. The highest BCUT2D eigenvalue weighted by molar-refractivity contribution is 6.35. The predicted molar refractivity (Wildman–Crippen MR) is 75.5 cm³/mol. The van der Waals surface area contributed by atoms with Crippen molar-refractivity contribution < 1.29 is 4.48 Å². The second-order valence-corrected chi connectivity index (χ2v) is 7.83. The molecular weight excluding hydrogens is 209 g/mol. The van der Waals surface area contributed by atoms with Crippen molar-refractivity contribution in [3.05, 3.63) is 0 Å². The van der Waals surface area contributed by atoms with Crippen LogP contribution >= 0.6 is 0 Å². The molecule has 0 amide bonds. The van der Waals surface area contributed by atoms with E-state index in [4.69, 9.17) is 0 Å². The van der Waals surface area contributed by atoms with Gasteiger partial charge in [0.15, 0.2) is 0 Å². The Bertz CT molecular complexity index is 145. The van der Waals surface area contributed by atoms with Crippen molar-refractivity contribution in [3.63, 3.8) is 0 Å². The summed E-state index contributed by atoms with van der Waals surface area (Å²) in [5, 5.41) is 3.25. The molecule has 0 N–H and O–H groups in total. The van der Waals surface area contributed by atoms with Crippen LogP contribution in [-0.2, 0) is 0 Å². The fraction of sp³-hybridized carbons (Fsp3) is 1.00. The molecule has 16 heavy (non-hydrogen) atoms. The molecule has 1 fully saturated rings. The molecule has 1 aliphatic heterocycles. The number of quaternary nitrogens is 1. The quantitative estimate of drug-likeness (QED) is 0.492. The first kappa shape index (κ1) is 14.6. The van der Waals surface area contributed by atoms with Gasteiger partial charge in [-0.3, -0.25) is 0 Å². The third-order valence-corrected chi connectivity index (χ3v) is 6.24. The highest BCUT2D eigenvalue weighted by Gasteiger charge is 2.26. The van der Waals surface area contributed by atoms with Gasteiger partial charge in [0.05, 0.1) is 26.2 Å². The van der Waals surface area contributed by atoms with Crippen LogP contribution in [0.25, 0.3) is 0 Å². The maximum Gasteiger partial charge on any atom is 0.237 e. The molecule has 94 valence electrons. The minimum atomic E-state index is 0.355. The fourth-order valence-electron chi connectivity index (χ4n) is 3.08. The summed E-state index contributed by atoms with van der Waals surface area (Å²) < 4.78 is 1.48. The average molecular weight is 240 g/mol. The van der Waals surface area contributed by atoms with Crippen molar-refractivity contribution in [2.75, 3.05) is 26.2 Å². The Morgan fingerprint density at radius 1 is 0.875 bits per heavy atom. The van der Waals surface area contributed by atoms with Crippen molar-refractivity contribution in [1.82, 2.24) is 0 Å². The maximum absolute atomic E-state index is 2.34. The Kier molecular flexibility index (Phi) is 7.79. The van der Waals surface area contributed by atoms with Gasteiger partial charge in [-0.15, -0.1) is 0 Å². The maximum atomic E-state index is 2.34. The molecule has 2 heteroatoms. The van der Waals surface area contributed by atoms with Crippen LogP contribution < -0.4 is 0 Å². The van der Waals surface area contributed by atoms with E-state index in [9.17, 15) is 0 Å². The van der Waals surface area contributed by atoms with E-state index in [2.05, 4.69) is 13.8 Å². The fourth-order valence-corrected chi connectivity index (χ4v) is 4.59. The Labute approximate surface area is 109 Å². The van der Waals surface area contributed by atoms with Crippen molar-refractivity contribution in [3.8, 4) is 0 Å². The van der Waals surface area contributed by atoms with Crippen LogP contribution in [0.5, 0.6) is 0 Å². The molecule has 1 saturated heterocycles. The number of nitrogens with zero attached hydrogens (tertiary/aromatic N) is 1. The van der Waals surface area contributed by atoms with Crippen LogP contribution in [0.4, 0.5) is 0 Å². The van der Waals surface area contributed by atoms with Crippen LogP contribution in [0, 0.1) is 0 Å². The van der Waals surface area contributed by atoms with E-state index in [0.717, 1.165) is 0 Å². The third-order valence-electron chi connectivity index (χ3n) is 4.24. The summed E-state index contributed by atoms with van der Waals surface area (Å²) in [4.78, 5) is 0. The zero-order valence-electron chi connectivity index (χ0n) is 11.6. The summed E-state index contributed by atoms with van der Waals surface area (Å²) >= 11 is 0.355. The Morgan fingerprint density at radius 3 is 1.81 bits per heavy atom. The van der Waals surface area contributed by atoms with E-state index in [1.54, 1.807) is 23.4 Å². The van der Waals surface area contributed by atoms with Gasteiger partial charge in [-0.05, 0) is 25.7 Å². The molecule has 1 heterocycles. The molecule has 0 spiro atoms. The van der Waals surface area contributed by atoms with Crippen molar-refractivity contribution >= 4 is 15.2 Å². The van der Waals surface area contributed by atoms with Gasteiger partial charge in [0.25, 0.3) is 0 Å². The molecule has 0 saturated carbocycles.